The number of aromatic hydroxyl groups is 1. The van der Waals surface area contributed by atoms with E-state index < -0.39 is 18.6 Å². The van der Waals surface area contributed by atoms with Crippen molar-refractivity contribution in [2.24, 2.45) is 5.73 Å². The van der Waals surface area contributed by atoms with Gasteiger partial charge in [0.05, 0.1) is 0 Å². The lowest BCUT2D eigenvalue weighted by atomic mass is 10.1. The third-order valence-corrected chi connectivity index (χ3v) is 4.71. The van der Waals surface area contributed by atoms with Crippen LogP contribution in [0, 0.1) is 5.41 Å². The Labute approximate surface area is 186 Å². The monoisotopic (exact) mass is 456 g/mol. The fourth-order valence-corrected chi connectivity index (χ4v) is 3.02. The van der Waals surface area contributed by atoms with Crippen molar-refractivity contribution in [2.45, 2.75) is 6.18 Å². The number of hydrogen-bond donors (Lipinski definition) is 4. The number of pyridine rings is 1. The van der Waals surface area contributed by atoms with E-state index in [9.17, 15) is 27.9 Å². The zero-order chi connectivity index (χ0) is 24.2. The van der Waals surface area contributed by atoms with Gasteiger partial charge >= 0.3 is 12.1 Å². The molecule has 7 nitrogen and oxygen atoms in total. The van der Waals surface area contributed by atoms with Crippen LogP contribution in [0.25, 0.3) is 17.2 Å². The Hall–Kier alpha value is -4.34. The number of carbonyl (C=O) groups excluding carboxylic acids is 1. The van der Waals surface area contributed by atoms with Crippen LogP contribution < -0.4 is 16.2 Å². The molecule has 0 saturated carbocycles. The Bertz CT molecular complexity index is 1240. The molecule has 3 rings (SSSR count). The van der Waals surface area contributed by atoms with Crippen LogP contribution in [0.1, 0.15) is 11.1 Å². The van der Waals surface area contributed by atoms with Crippen molar-refractivity contribution in [2.75, 3.05) is 11.4 Å². The molecular formula is C23H19F3N4O3. The normalized spacial score (nSPS) is 11.5. The van der Waals surface area contributed by atoms with Crippen LogP contribution in [-0.4, -0.2) is 34.6 Å². The second kappa shape index (κ2) is 9.43. The number of amidine groups is 1. The van der Waals surface area contributed by atoms with Gasteiger partial charge in [-0.3, -0.25) is 15.0 Å². The lowest BCUT2D eigenvalue weighted by molar-refractivity contribution is -0.170. The smallest absolute Gasteiger partial charge is 0.471 e. The van der Waals surface area contributed by atoms with E-state index >= 15 is 0 Å². The highest BCUT2D eigenvalue weighted by Crippen LogP contribution is 2.27. The highest BCUT2D eigenvalue weighted by Gasteiger charge is 2.42. The summed E-state index contributed by atoms with van der Waals surface area (Å²) in [5.74, 6) is -2.44. The van der Waals surface area contributed by atoms with Crippen molar-refractivity contribution in [3.05, 3.63) is 88.4 Å². The van der Waals surface area contributed by atoms with Crippen molar-refractivity contribution >= 4 is 23.5 Å². The van der Waals surface area contributed by atoms with Gasteiger partial charge in [0.2, 0.25) is 5.56 Å². The number of aromatic amines is 1. The lowest BCUT2D eigenvalue weighted by Gasteiger charge is -2.23. The minimum Gasteiger partial charge on any atom is -0.507 e. The van der Waals surface area contributed by atoms with Crippen molar-refractivity contribution < 1.29 is 23.1 Å². The maximum atomic E-state index is 13.2. The number of rotatable bonds is 6. The molecule has 0 aliphatic heterocycles. The Morgan fingerprint density at radius 1 is 1.09 bits per heavy atom. The summed E-state index contributed by atoms with van der Waals surface area (Å²) in [5, 5.41) is 17.4. The molecule has 1 amide bonds. The molecule has 0 saturated heterocycles. The van der Waals surface area contributed by atoms with E-state index in [1.165, 1.54) is 66.9 Å². The second-order valence-electron chi connectivity index (χ2n) is 6.99. The van der Waals surface area contributed by atoms with E-state index in [-0.39, 0.29) is 28.4 Å². The molecule has 0 fully saturated rings. The number of nitrogens with zero attached hydrogens (tertiary/aromatic N) is 1. The minimum absolute atomic E-state index is 0.0110. The zero-order valence-electron chi connectivity index (χ0n) is 17.1. The van der Waals surface area contributed by atoms with Crippen molar-refractivity contribution in [1.29, 1.82) is 5.41 Å². The maximum absolute atomic E-state index is 13.2. The molecule has 0 aliphatic carbocycles. The molecule has 170 valence electrons. The first-order valence-electron chi connectivity index (χ1n) is 9.58. The SMILES string of the molecule is N=C(N)c1ccc(O)c(/C=C/CN(C(=O)C(F)(F)F)c2ccc(-c3ccc(=O)[nH]c3)cc2)c1. The number of nitrogens with one attached hydrogen (secondary N) is 2. The summed E-state index contributed by atoms with van der Waals surface area (Å²) in [6.07, 6.45) is -0.992. The standard InChI is InChI=1S/C23H19F3N4O3/c24-23(25,26)22(33)30(11-1-2-15-12-16(21(27)28)5-9-19(15)31)18-7-3-14(4-8-18)17-6-10-20(32)29-13-17/h1-10,12-13,31H,11H2,(H3,27,28)(H,29,32)/b2-1+. The highest BCUT2D eigenvalue weighted by atomic mass is 19.4. The summed E-state index contributed by atoms with van der Waals surface area (Å²) >= 11 is 0. The molecule has 0 bridgehead atoms. The predicted octanol–water partition coefficient (Wildman–Crippen LogP) is 3.64. The van der Waals surface area contributed by atoms with E-state index in [0.717, 1.165) is 0 Å². The van der Waals surface area contributed by atoms with Gasteiger partial charge in [0.25, 0.3) is 0 Å². The summed E-state index contributed by atoms with van der Waals surface area (Å²) in [7, 11) is 0. The molecule has 1 aromatic heterocycles. The van der Waals surface area contributed by atoms with Crippen LogP contribution in [0.2, 0.25) is 0 Å². The molecule has 0 aliphatic rings. The fourth-order valence-electron chi connectivity index (χ4n) is 3.02. The van der Waals surface area contributed by atoms with Crippen LogP contribution in [0.3, 0.4) is 0 Å². The van der Waals surface area contributed by atoms with Crippen molar-refractivity contribution in [3.63, 3.8) is 0 Å². The van der Waals surface area contributed by atoms with E-state index in [1.54, 1.807) is 6.07 Å². The number of anilines is 1. The van der Waals surface area contributed by atoms with Crippen LogP contribution in [0.15, 0.2) is 71.7 Å². The van der Waals surface area contributed by atoms with Gasteiger partial charge < -0.3 is 20.7 Å². The van der Waals surface area contributed by atoms with Crippen LogP contribution >= 0.6 is 0 Å². The van der Waals surface area contributed by atoms with Gasteiger partial charge in [0.1, 0.15) is 11.6 Å². The number of aromatic nitrogens is 1. The van der Waals surface area contributed by atoms with E-state index in [2.05, 4.69) is 4.98 Å². The summed E-state index contributed by atoms with van der Waals surface area (Å²) in [6.45, 7) is -0.430. The molecule has 33 heavy (non-hydrogen) atoms. The average Bonchev–Trinajstić information content (AvgIpc) is 2.77. The zero-order valence-corrected chi connectivity index (χ0v) is 17.1. The number of amides is 1. The topological polar surface area (TPSA) is 123 Å². The largest absolute Gasteiger partial charge is 0.507 e. The number of alkyl halides is 3. The van der Waals surface area contributed by atoms with Crippen LogP contribution in [0.5, 0.6) is 5.75 Å². The Morgan fingerprint density at radius 2 is 1.76 bits per heavy atom. The van der Waals surface area contributed by atoms with Crippen LogP contribution in [0.4, 0.5) is 18.9 Å². The lowest BCUT2D eigenvalue weighted by Crippen LogP contribution is -2.41. The number of nitrogen functional groups attached to an aromatic ring is 1. The van der Waals surface area contributed by atoms with Gasteiger partial charge in [0.15, 0.2) is 0 Å². The number of carbonyl (C=O) groups is 1. The molecule has 1 heterocycles. The molecule has 5 N–H and O–H groups in total. The van der Waals surface area contributed by atoms with E-state index in [1.807, 2.05) is 0 Å². The van der Waals surface area contributed by atoms with Gasteiger partial charge in [-0.25, -0.2) is 0 Å². The first-order chi connectivity index (χ1) is 15.6. The maximum Gasteiger partial charge on any atom is 0.471 e. The average molecular weight is 456 g/mol. The third kappa shape index (κ3) is 5.67. The van der Waals surface area contributed by atoms with Gasteiger partial charge in [-0.15, -0.1) is 0 Å². The number of halogens is 3. The highest BCUT2D eigenvalue weighted by molar-refractivity contribution is 5.98. The van der Waals surface area contributed by atoms with E-state index in [4.69, 9.17) is 11.1 Å². The first kappa shape index (κ1) is 23.3. The molecule has 0 spiro atoms. The summed E-state index contributed by atoms with van der Waals surface area (Å²) in [4.78, 5) is 26.3. The number of hydrogen-bond acceptors (Lipinski definition) is 4. The Kier molecular flexibility index (Phi) is 6.67. The van der Waals surface area contributed by atoms with E-state index in [0.29, 0.717) is 21.6 Å². The number of nitrogens with two attached hydrogens (primary N) is 1. The van der Waals surface area contributed by atoms with Crippen molar-refractivity contribution in [1.82, 2.24) is 4.98 Å². The molecular weight excluding hydrogens is 437 g/mol. The summed E-state index contributed by atoms with van der Waals surface area (Å²) in [5.41, 5.74) is 6.98. The van der Waals surface area contributed by atoms with Gasteiger partial charge in [-0.05, 0) is 47.5 Å². The quantitative estimate of drug-likeness (QED) is 0.334. The minimum atomic E-state index is -5.10. The molecule has 0 atom stereocenters. The Morgan fingerprint density at radius 3 is 2.33 bits per heavy atom. The molecule has 10 heteroatoms. The molecule has 0 radical (unpaired) electrons. The molecule has 2 aromatic carbocycles. The number of phenols is 1. The molecule has 0 unspecified atom stereocenters. The van der Waals surface area contributed by atoms with Gasteiger partial charge in [-0.2, -0.15) is 13.2 Å². The number of phenolic OH excluding ortho intramolecular Hbond substituents is 1. The summed E-state index contributed by atoms with van der Waals surface area (Å²) in [6, 6.07) is 12.8. The van der Waals surface area contributed by atoms with Gasteiger partial charge in [-0.1, -0.05) is 24.3 Å². The number of benzene rings is 2. The Balaban J connectivity index is 1.88. The number of H-pyrrole nitrogens is 1. The third-order valence-electron chi connectivity index (χ3n) is 4.71. The van der Waals surface area contributed by atoms with Gasteiger partial charge in [0, 0.05) is 35.6 Å². The van der Waals surface area contributed by atoms with Crippen molar-refractivity contribution in [3.8, 4) is 16.9 Å². The fraction of sp³-hybridized carbons (Fsp3) is 0.0870. The van der Waals surface area contributed by atoms with Crippen LogP contribution in [-0.2, 0) is 4.79 Å². The first-order valence-corrected chi connectivity index (χ1v) is 9.58. The summed E-state index contributed by atoms with van der Waals surface area (Å²) < 4.78 is 39.6. The molecule has 3 aromatic rings. The predicted molar refractivity (Wildman–Crippen MR) is 119 cm³/mol. The second-order valence-corrected chi connectivity index (χ2v) is 6.99.